The van der Waals surface area contributed by atoms with Gasteiger partial charge in [-0.25, -0.2) is 0 Å². The molecule has 0 aliphatic carbocycles. The number of carbonyl (C=O) groups excluding carboxylic acids is 1. The lowest BCUT2D eigenvalue weighted by Crippen LogP contribution is -2.43. The summed E-state index contributed by atoms with van der Waals surface area (Å²) in [5.74, 6) is 1.15. The van der Waals surface area contributed by atoms with Crippen molar-refractivity contribution in [1.29, 1.82) is 0 Å². The van der Waals surface area contributed by atoms with Gasteiger partial charge in [-0.15, -0.1) is 0 Å². The third kappa shape index (κ3) is 6.96. The average molecular weight is 231 g/mol. The number of ketones is 1. The number of carbonyl (C=O) groups is 1. The summed E-state index contributed by atoms with van der Waals surface area (Å²) in [7, 11) is 0. The highest BCUT2D eigenvalue weighted by Gasteiger charge is 2.17. The zero-order valence-corrected chi connectivity index (χ0v) is 11.5. The molecule has 0 aromatic heterocycles. The quantitative estimate of drug-likeness (QED) is 0.696. The Kier molecular flexibility index (Phi) is 8.16. The molecule has 3 heteroatoms. The zero-order valence-electron chi connectivity index (χ0n) is 10.7. The Labute approximate surface area is 98.6 Å². The molecule has 0 fully saturated rings. The van der Waals surface area contributed by atoms with Gasteiger partial charge in [-0.2, -0.15) is 11.8 Å². The highest BCUT2D eigenvalue weighted by atomic mass is 32.2. The molecule has 0 heterocycles. The van der Waals surface area contributed by atoms with Crippen LogP contribution in [0.5, 0.6) is 0 Å². The third-order valence-corrected chi connectivity index (χ3v) is 3.70. The minimum absolute atomic E-state index is 0.0299. The molecule has 90 valence electrons. The fraction of sp³-hybridized carbons (Fsp3) is 0.917. The molecular weight excluding hydrogens is 206 g/mol. The molecule has 0 saturated heterocycles. The molecule has 2 nitrogen and oxygen atoms in total. The van der Waals surface area contributed by atoms with Gasteiger partial charge in [0.2, 0.25) is 0 Å². The minimum atomic E-state index is 0.0299. The number of nitrogens with one attached hydrogen (secondary N) is 1. The van der Waals surface area contributed by atoms with E-state index < -0.39 is 0 Å². The third-order valence-electron chi connectivity index (χ3n) is 2.51. The fourth-order valence-electron chi connectivity index (χ4n) is 1.38. The Morgan fingerprint density at radius 2 is 1.80 bits per heavy atom. The normalized spacial score (nSPS) is 13.5. The minimum Gasteiger partial charge on any atom is -0.304 e. The zero-order chi connectivity index (χ0) is 11.8. The van der Waals surface area contributed by atoms with E-state index in [-0.39, 0.29) is 11.8 Å². The Morgan fingerprint density at radius 1 is 1.27 bits per heavy atom. The second kappa shape index (κ2) is 8.17. The van der Waals surface area contributed by atoms with Crippen molar-refractivity contribution < 1.29 is 4.79 Å². The Bertz CT molecular complexity index is 178. The van der Waals surface area contributed by atoms with Crippen molar-refractivity contribution in [2.75, 3.05) is 5.75 Å². The predicted molar refractivity (Wildman–Crippen MR) is 69.6 cm³/mol. The summed E-state index contributed by atoms with van der Waals surface area (Å²) >= 11 is 1.85. The summed E-state index contributed by atoms with van der Waals surface area (Å²) in [6.07, 6.45) is 2.18. The van der Waals surface area contributed by atoms with E-state index in [1.54, 1.807) is 6.92 Å². The summed E-state index contributed by atoms with van der Waals surface area (Å²) in [4.78, 5) is 11.4. The first-order valence-electron chi connectivity index (χ1n) is 5.89. The smallest absolute Gasteiger partial charge is 0.147 e. The fourth-order valence-corrected chi connectivity index (χ4v) is 2.29. The summed E-state index contributed by atoms with van der Waals surface area (Å²) < 4.78 is 0. The SMILES string of the molecule is CCC(CC)NC(CSC(C)C)C(C)=O. The van der Waals surface area contributed by atoms with Crippen LogP contribution >= 0.6 is 11.8 Å². The van der Waals surface area contributed by atoms with Crippen molar-refractivity contribution in [3.05, 3.63) is 0 Å². The first-order valence-corrected chi connectivity index (χ1v) is 6.94. The molecule has 15 heavy (non-hydrogen) atoms. The van der Waals surface area contributed by atoms with E-state index in [2.05, 4.69) is 33.0 Å². The van der Waals surface area contributed by atoms with Crippen molar-refractivity contribution in [3.63, 3.8) is 0 Å². The molecule has 1 atom stereocenters. The van der Waals surface area contributed by atoms with Crippen molar-refractivity contribution in [3.8, 4) is 0 Å². The van der Waals surface area contributed by atoms with Crippen LogP contribution in [0.3, 0.4) is 0 Å². The molecule has 0 aromatic rings. The molecule has 0 aliphatic rings. The molecule has 0 aliphatic heterocycles. The van der Waals surface area contributed by atoms with Crippen molar-refractivity contribution in [1.82, 2.24) is 5.32 Å². The van der Waals surface area contributed by atoms with Crippen LogP contribution in [0.4, 0.5) is 0 Å². The van der Waals surface area contributed by atoms with E-state index in [1.165, 1.54) is 0 Å². The highest BCUT2D eigenvalue weighted by Crippen LogP contribution is 2.12. The summed E-state index contributed by atoms with van der Waals surface area (Å²) in [5, 5.41) is 4.03. The number of thioether (sulfide) groups is 1. The monoisotopic (exact) mass is 231 g/mol. The van der Waals surface area contributed by atoms with E-state index in [9.17, 15) is 4.79 Å². The van der Waals surface area contributed by atoms with Crippen molar-refractivity contribution in [2.45, 2.75) is 64.8 Å². The van der Waals surface area contributed by atoms with E-state index in [0.717, 1.165) is 18.6 Å². The Hall–Kier alpha value is -0.0200. The molecular formula is C12H25NOS. The van der Waals surface area contributed by atoms with Gasteiger partial charge in [-0.3, -0.25) is 4.79 Å². The maximum atomic E-state index is 11.4. The Morgan fingerprint density at radius 3 is 2.13 bits per heavy atom. The second-order valence-corrected chi connectivity index (χ2v) is 5.83. The number of rotatable bonds is 8. The maximum absolute atomic E-state index is 11.4. The van der Waals surface area contributed by atoms with Gasteiger partial charge >= 0.3 is 0 Å². The van der Waals surface area contributed by atoms with Gasteiger partial charge in [0.25, 0.3) is 0 Å². The van der Waals surface area contributed by atoms with Gasteiger partial charge < -0.3 is 5.32 Å². The first kappa shape index (κ1) is 15.0. The van der Waals surface area contributed by atoms with Gasteiger partial charge in [-0.1, -0.05) is 27.7 Å². The molecule has 0 spiro atoms. The molecule has 0 saturated carbocycles. The van der Waals surface area contributed by atoms with Gasteiger partial charge in [-0.05, 0) is 25.0 Å². The van der Waals surface area contributed by atoms with Gasteiger partial charge in [0.05, 0.1) is 6.04 Å². The van der Waals surface area contributed by atoms with Crippen LogP contribution in [0.25, 0.3) is 0 Å². The van der Waals surface area contributed by atoms with Crippen LogP contribution in [-0.2, 0) is 4.79 Å². The highest BCUT2D eigenvalue weighted by molar-refractivity contribution is 7.99. The lowest BCUT2D eigenvalue weighted by atomic mass is 10.1. The number of Topliss-reactive ketones (excluding diaryl/α,β-unsaturated/α-hetero) is 1. The molecule has 0 rings (SSSR count). The Balaban J connectivity index is 4.09. The predicted octanol–water partition coefficient (Wildman–Crippen LogP) is 2.86. The summed E-state index contributed by atoms with van der Waals surface area (Å²) in [5.41, 5.74) is 0. The number of hydrogen-bond acceptors (Lipinski definition) is 3. The maximum Gasteiger partial charge on any atom is 0.147 e. The van der Waals surface area contributed by atoms with Crippen molar-refractivity contribution in [2.24, 2.45) is 0 Å². The standard InChI is InChI=1S/C12H25NOS/c1-6-11(7-2)13-12(10(5)14)8-15-9(3)4/h9,11-13H,6-8H2,1-5H3. The average Bonchev–Trinajstić information content (AvgIpc) is 2.17. The van der Waals surface area contributed by atoms with E-state index >= 15 is 0 Å². The van der Waals surface area contributed by atoms with Crippen LogP contribution < -0.4 is 5.32 Å². The lowest BCUT2D eigenvalue weighted by molar-refractivity contribution is -0.118. The summed E-state index contributed by atoms with van der Waals surface area (Å²) in [6.45, 7) is 10.3. The van der Waals surface area contributed by atoms with Gasteiger partial charge in [0, 0.05) is 11.8 Å². The van der Waals surface area contributed by atoms with Crippen molar-refractivity contribution >= 4 is 17.5 Å². The largest absolute Gasteiger partial charge is 0.304 e. The van der Waals surface area contributed by atoms with Crippen LogP contribution in [0.15, 0.2) is 0 Å². The van der Waals surface area contributed by atoms with Crippen LogP contribution in [0, 0.1) is 0 Å². The lowest BCUT2D eigenvalue weighted by Gasteiger charge is -2.22. The molecule has 0 bridgehead atoms. The molecule has 1 unspecified atom stereocenters. The second-order valence-electron chi connectivity index (χ2n) is 4.23. The molecule has 1 N–H and O–H groups in total. The topological polar surface area (TPSA) is 29.1 Å². The van der Waals surface area contributed by atoms with E-state index in [1.807, 2.05) is 11.8 Å². The van der Waals surface area contributed by atoms with E-state index in [0.29, 0.717) is 11.3 Å². The number of hydrogen-bond donors (Lipinski definition) is 1. The van der Waals surface area contributed by atoms with Gasteiger partial charge in [0.1, 0.15) is 5.78 Å². The molecule has 0 aromatic carbocycles. The molecule has 0 radical (unpaired) electrons. The van der Waals surface area contributed by atoms with E-state index in [4.69, 9.17) is 0 Å². The van der Waals surface area contributed by atoms with Gasteiger partial charge in [0.15, 0.2) is 0 Å². The van der Waals surface area contributed by atoms with Crippen LogP contribution in [0.2, 0.25) is 0 Å². The first-order chi connectivity index (χ1) is 7.01. The molecule has 0 amide bonds. The van der Waals surface area contributed by atoms with Crippen LogP contribution in [0.1, 0.15) is 47.5 Å². The van der Waals surface area contributed by atoms with Crippen LogP contribution in [-0.4, -0.2) is 28.9 Å². The summed E-state index contributed by atoms with van der Waals surface area (Å²) in [6, 6.07) is 0.508.